The van der Waals surface area contributed by atoms with Crippen molar-refractivity contribution < 1.29 is 47.2 Å². The zero-order valence-electron chi connectivity index (χ0n) is 68.0. The molecule has 15 heteroatoms. The van der Waals surface area contributed by atoms with Crippen LogP contribution < -0.4 is 23.7 Å². The summed E-state index contributed by atoms with van der Waals surface area (Å²) < 4.78 is 30.4. The van der Waals surface area contributed by atoms with Crippen molar-refractivity contribution in [2.45, 2.75) is 348 Å². The lowest BCUT2D eigenvalue weighted by Crippen LogP contribution is -2.44. The van der Waals surface area contributed by atoms with Crippen LogP contribution in [0.1, 0.15) is 324 Å². The highest BCUT2D eigenvalue weighted by molar-refractivity contribution is 7.81. The van der Waals surface area contributed by atoms with E-state index in [0.717, 1.165) is 86.3 Å². The van der Waals surface area contributed by atoms with Crippen molar-refractivity contribution in [3.8, 4) is 28.7 Å². The second kappa shape index (κ2) is 43.7. The van der Waals surface area contributed by atoms with E-state index in [-0.39, 0.29) is 23.5 Å². The van der Waals surface area contributed by atoms with Crippen LogP contribution in [0.2, 0.25) is 0 Å². The first-order valence-electron chi connectivity index (χ1n) is 42.8. The minimum absolute atomic E-state index is 0. The van der Waals surface area contributed by atoms with Crippen LogP contribution in [0.3, 0.4) is 0 Å². The van der Waals surface area contributed by atoms with Crippen LogP contribution in [0.5, 0.6) is 28.7 Å². The average Bonchev–Trinajstić information content (AvgIpc) is 0.793. The molecule has 0 aliphatic heterocycles. The van der Waals surface area contributed by atoms with Crippen LogP contribution in [0.15, 0.2) is 146 Å². The SMILES string of the molecule is CCCCC12CCC(COc3ccc([S])cc3)(CC1)CC2.CCCCC12CCC(COc3ccc([S])cc3)(CC1)CC2.CCCCC12CCC(COc3ccc([S])cc3)(CC1)CC2.CCCCC12CCC(COc3ccc([S])cc3)(CC1)CC2.CCCCC12CCC(COc3ccc([S])cc3)(CC1)CC2.F.F.F.F.F. The van der Waals surface area contributed by atoms with Crippen LogP contribution in [0.25, 0.3) is 0 Å². The van der Waals surface area contributed by atoms with Gasteiger partial charge in [0.05, 0.1) is 33.0 Å². The van der Waals surface area contributed by atoms with Gasteiger partial charge in [-0.15, -0.1) is 0 Å². The molecule has 0 aromatic heterocycles. The zero-order valence-corrected chi connectivity index (χ0v) is 72.1. The van der Waals surface area contributed by atoms with Crippen LogP contribution in [0, 0.1) is 54.1 Å². The van der Waals surface area contributed by atoms with E-state index in [1.165, 1.54) is 289 Å². The second-order valence-electron chi connectivity index (χ2n) is 36.8. The minimum atomic E-state index is 0. The smallest absolute Gasteiger partial charge is 0.119 e. The molecular weight excluding hydrogens is 1480 g/mol. The molecule has 0 unspecified atom stereocenters. The fourth-order valence-electron chi connectivity index (χ4n) is 21.3. The van der Waals surface area contributed by atoms with Crippen molar-refractivity contribution in [1.82, 2.24) is 0 Å². The quantitative estimate of drug-likeness (QED) is 0.0429. The average molecular weight is 1620 g/mol. The van der Waals surface area contributed by atoms with Gasteiger partial charge in [-0.05, 0) is 373 Å². The van der Waals surface area contributed by atoms with E-state index in [1.54, 1.807) is 0 Å². The molecule has 0 amide bonds. The maximum absolute atomic E-state index is 6.09. The van der Waals surface area contributed by atoms with Gasteiger partial charge in [0.1, 0.15) is 28.7 Å². The number of halogens is 5. The molecule has 15 aliphatic carbocycles. The fraction of sp³-hybridized carbons (Fsp3) is 0.684. The Morgan fingerprint density at radius 2 is 0.300 bits per heavy atom. The summed E-state index contributed by atoms with van der Waals surface area (Å²) in [7, 11) is 0. The van der Waals surface area contributed by atoms with Crippen LogP contribution in [-0.2, 0) is 0 Å². The van der Waals surface area contributed by atoms with Gasteiger partial charge in [-0.3, -0.25) is 23.5 Å². The third-order valence-corrected chi connectivity index (χ3v) is 31.3. The highest BCUT2D eigenvalue weighted by Crippen LogP contribution is 2.64. The zero-order chi connectivity index (χ0) is 73.8. The molecule has 0 spiro atoms. The lowest BCUT2D eigenvalue weighted by atomic mass is 9.53. The molecule has 15 saturated carbocycles. The van der Waals surface area contributed by atoms with E-state index < -0.39 is 0 Å². The summed E-state index contributed by atoms with van der Waals surface area (Å²) in [4.78, 5) is 4.43. The van der Waals surface area contributed by atoms with Crippen LogP contribution in [-0.4, -0.2) is 33.0 Å². The Bertz CT molecular complexity index is 2750. The molecule has 0 atom stereocenters. The van der Waals surface area contributed by atoms with Gasteiger partial charge in [-0.2, -0.15) is 0 Å². The maximum atomic E-state index is 6.09. The molecule has 615 valence electrons. The summed E-state index contributed by atoms with van der Waals surface area (Å²) in [5.41, 5.74) is 5.78. The number of fused-ring (bicyclic) bond motifs is 15. The Kier molecular flexibility index (Phi) is 37.6. The molecule has 0 heterocycles. The predicted octanol–water partition coefficient (Wildman–Crippen LogP) is 31.5. The van der Waals surface area contributed by atoms with E-state index in [0.29, 0.717) is 54.1 Å². The third kappa shape index (κ3) is 25.9. The van der Waals surface area contributed by atoms with Crippen LogP contribution >= 0.6 is 63.1 Å². The Balaban J connectivity index is 0.000000212. The van der Waals surface area contributed by atoms with Crippen LogP contribution in [0.4, 0.5) is 23.5 Å². The first-order chi connectivity index (χ1) is 50.8. The maximum Gasteiger partial charge on any atom is 0.119 e. The molecule has 5 aromatic carbocycles. The lowest BCUT2D eigenvalue weighted by molar-refractivity contribution is -0.0408. The molecular formula is C95H140F5O5S5. The summed E-state index contributed by atoms with van der Waals surface area (Å²) in [6.45, 7) is 16.1. The molecule has 110 heavy (non-hydrogen) atoms. The summed E-state index contributed by atoms with van der Waals surface area (Å²) in [5, 5.41) is 0. The highest BCUT2D eigenvalue weighted by atomic mass is 32.1. The highest BCUT2D eigenvalue weighted by Gasteiger charge is 2.53. The van der Waals surface area contributed by atoms with Crippen molar-refractivity contribution in [2.75, 3.05) is 33.0 Å². The second-order valence-corrected chi connectivity index (χ2v) is 39.2. The van der Waals surface area contributed by atoms with Gasteiger partial charge in [0.25, 0.3) is 0 Å². The standard InChI is InChI=1S/5C19H27OS.5FH/c5*1-2-3-8-18-9-12-19(13-10-18,14-11-18)15-20-16-4-6-17(21)7-5-16;;;;;/h5*4-7H,2-3,8-15H2,1H3;5*1H. The summed E-state index contributed by atoms with van der Waals surface area (Å²) in [6, 6.07) is 39.7. The largest absolute Gasteiger partial charge is 0.493 e. The molecule has 20 rings (SSSR count). The Morgan fingerprint density at radius 1 is 0.191 bits per heavy atom. The number of unbranched alkanes of at least 4 members (excludes halogenated alkanes) is 5. The topological polar surface area (TPSA) is 46.2 Å². The van der Waals surface area contributed by atoms with Crippen molar-refractivity contribution in [1.29, 1.82) is 0 Å². The first kappa shape index (κ1) is 94.7. The van der Waals surface area contributed by atoms with Crippen molar-refractivity contribution in [3.05, 3.63) is 121 Å². The molecule has 0 saturated heterocycles. The monoisotopic (exact) mass is 1620 g/mol. The molecule has 15 aliphatic rings. The van der Waals surface area contributed by atoms with E-state index in [9.17, 15) is 0 Å². The first-order valence-corrected chi connectivity index (χ1v) is 44.8. The van der Waals surface area contributed by atoms with E-state index in [1.807, 2.05) is 121 Å². The molecule has 10 bridgehead atoms. The molecule has 5 nitrogen and oxygen atoms in total. The van der Waals surface area contributed by atoms with Crippen molar-refractivity contribution in [3.63, 3.8) is 0 Å². The van der Waals surface area contributed by atoms with Gasteiger partial charge in [0, 0.05) is 51.6 Å². The Morgan fingerprint density at radius 3 is 0.409 bits per heavy atom. The van der Waals surface area contributed by atoms with E-state index in [2.05, 4.69) is 34.6 Å². The van der Waals surface area contributed by atoms with Gasteiger partial charge in [0.2, 0.25) is 0 Å². The number of benzene rings is 5. The van der Waals surface area contributed by atoms with Gasteiger partial charge >= 0.3 is 0 Å². The molecule has 5 aromatic rings. The summed E-state index contributed by atoms with van der Waals surface area (Å²) in [5.74, 6) is 4.89. The number of ether oxygens (including phenoxy) is 5. The Labute approximate surface area is 690 Å². The molecule has 15 fully saturated rings. The van der Waals surface area contributed by atoms with E-state index in [4.69, 9.17) is 86.8 Å². The number of hydrogen-bond acceptors (Lipinski definition) is 5. The summed E-state index contributed by atoms with van der Waals surface area (Å²) in [6.07, 6.45) is 63.1. The fourth-order valence-corrected chi connectivity index (χ4v) is 22.0. The van der Waals surface area contributed by atoms with Gasteiger partial charge in [-0.1, -0.05) is 162 Å². The predicted molar refractivity (Wildman–Crippen MR) is 462 cm³/mol. The van der Waals surface area contributed by atoms with Gasteiger partial charge < -0.3 is 23.7 Å². The van der Waals surface area contributed by atoms with E-state index >= 15 is 0 Å². The minimum Gasteiger partial charge on any atom is -0.493 e. The molecule has 0 N–H and O–H groups in total. The van der Waals surface area contributed by atoms with Crippen molar-refractivity contribution in [2.24, 2.45) is 54.1 Å². The molecule has 5 radical (unpaired) electrons. The third-order valence-electron chi connectivity index (χ3n) is 29.9. The Hall–Kier alpha value is -4.15. The van der Waals surface area contributed by atoms with Crippen molar-refractivity contribution >= 4 is 63.1 Å². The van der Waals surface area contributed by atoms with Gasteiger partial charge in [0.15, 0.2) is 0 Å². The number of rotatable bonds is 30. The number of hydrogen-bond donors (Lipinski definition) is 0. The van der Waals surface area contributed by atoms with Gasteiger partial charge in [-0.25, -0.2) is 0 Å². The normalized spacial score (nSPS) is 29.9. The summed E-state index contributed by atoms with van der Waals surface area (Å²) >= 11 is 25.6. The lowest BCUT2D eigenvalue weighted by Gasteiger charge is -2.53.